The highest BCUT2D eigenvalue weighted by molar-refractivity contribution is 7.89. The van der Waals surface area contributed by atoms with Crippen LogP contribution in [0.1, 0.15) is 25.3 Å². The molecule has 0 aliphatic rings. The molecule has 0 saturated heterocycles. The summed E-state index contributed by atoms with van der Waals surface area (Å²) in [6.45, 7) is 1.64. The second-order valence-corrected chi connectivity index (χ2v) is 6.74. The van der Waals surface area contributed by atoms with Gasteiger partial charge < -0.3 is 5.73 Å². The van der Waals surface area contributed by atoms with Crippen LogP contribution < -0.4 is 5.73 Å². The van der Waals surface area contributed by atoms with Crippen LogP contribution in [0.4, 0.5) is 18.9 Å². The van der Waals surface area contributed by atoms with Gasteiger partial charge in [-0.25, -0.2) is 8.42 Å². The number of rotatable bonds is 6. The fourth-order valence-corrected chi connectivity index (χ4v) is 3.58. The first-order valence-corrected chi connectivity index (χ1v) is 7.95. The Morgan fingerprint density at radius 3 is 2.43 bits per heavy atom. The molecule has 0 aromatic heterocycles. The summed E-state index contributed by atoms with van der Waals surface area (Å²) >= 11 is 0. The zero-order valence-corrected chi connectivity index (χ0v) is 12.8. The van der Waals surface area contributed by atoms with Crippen LogP contribution in [0.25, 0.3) is 0 Å². The van der Waals surface area contributed by atoms with E-state index < -0.39 is 22.7 Å². The molecule has 0 atom stereocenters. The fourth-order valence-electron chi connectivity index (χ4n) is 1.85. The first kappa shape index (κ1) is 17.8. The molecule has 4 nitrogen and oxygen atoms in total. The quantitative estimate of drug-likeness (QED) is 0.818. The number of aryl methyl sites for hydroxylation is 1. The van der Waals surface area contributed by atoms with E-state index in [0.29, 0.717) is 22.7 Å². The number of nitrogens with zero attached hydrogens (tertiary/aromatic N) is 1. The van der Waals surface area contributed by atoms with E-state index in [-0.39, 0.29) is 17.1 Å². The Hall–Kier alpha value is -1.28. The molecule has 2 N–H and O–H groups in total. The third kappa shape index (κ3) is 4.89. The average Bonchev–Trinajstić information content (AvgIpc) is 2.35. The van der Waals surface area contributed by atoms with Gasteiger partial charge in [-0.15, -0.1) is 0 Å². The molecule has 0 bridgehead atoms. The lowest BCUT2D eigenvalue weighted by Gasteiger charge is -2.24. The average molecular weight is 324 g/mol. The van der Waals surface area contributed by atoms with Crippen molar-refractivity contribution < 1.29 is 21.6 Å². The molecule has 0 unspecified atom stereocenters. The molecule has 0 amide bonds. The fraction of sp³-hybridized carbons (Fsp3) is 0.538. The first-order chi connectivity index (χ1) is 9.58. The van der Waals surface area contributed by atoms with Gasteiger partial charge in [-0.2, -0.15) is 17.5 Å². The van der Waals surface area contributed by atoms with Gasteiger partial charge in [-0.3, -0.25) is 0 Å². The number of hydrogen-bond donors (Lipinski definition) is 1. The van der Waals surface area contributed by atoms with Crippen molar-refractivity contribution in [1.82, 2.24) is 4.31 Å². The first-order valence-electron chi connectivity index (χ1n) is 6.51. The van der Waals surface area contributed by atoms with Crippen LogP contribution in [0, 0.1) is 6.92 Å². The molecule has 1 rings (SSSR count). The highest BCUT2D eigenvalue weighted by Crippen LogP contribution is 2.26. The smallest absolute Gasteiger partial charge is 0.399 e. The Balaban J connectivity index is 3.22. The molecular weight excluding hydrogens is 305 g/mol. The van der Waals surface area contributed by atoms with Crippen molar-refractivity contribution in [3.05, 3.63) is 23.8 Å². The van der Waals surface area contributed by atoms with Gasteiger partial charge in [0.1, 0.15) is 6.54 Å². The maximum Gasteiger partial charge on any atom is 0.402 e. The van der Waals surface area contributed by atoms with Crippen molar-refractivity contribution in [3.8, 4) is 0 Å². The zero-order chi connectivity index (χ0) is 16.3. The van der Waals surface area contributed by atoms with Crippen LogP contribution in [0.2, 0.25) is 0 Å². The topological polar surface area (TPSA) is 63.4 Å². The van der Waals surface area contributed by atoms with Crippen molar-refractivity contribution >= 4 is 15.7 Å². The van der Waals surface area contributed by atoms with Crippen LogP contribution >= 0.6 is 0 Å². The standard InChI is InChI=1S/C13H19F3N2O2S/c1-3-4-7-18(9-13(14,15)16)21(19,20)12-8-11(17)6-5-10(12)2/h5-6,8H,3-4,7,9,17H2,1-2H3. The second kappa shape index (κ2) is 6.65. The van der Waals surface area contributed by atoms with Crippen LogP contribution in [-0.4, -0.2) is 32.0 Å². The number of halogens is 3. The number of hydrogen-bond acceptors (Lipinski definition) is 3. The predicted octanol–water partition coefficient (Wildman–Crippen LogP) is 2.93. The number of benzene rings is 1. The highest BCUT2D eigenvalue weighted by atomic mass is 32.2. The molecule has 0 heterocycles. The summed E-state index contributed by atoms with van der Waals surface area (Å²) in [6, 6.07) is 4.18. The van der Waals surface area contributed by atoms with E-state index in [1.807, 2.05) is 0 Å². The van der Waals surface area contributed by atoms with E-state index in [9.17, 15) is 21.6 Å². The van der Waals surface area contributed by atoms with Crippen molar-refractivity contribution in [2.45, 2.75) is 37.8 Å². The summed E-state index contributed by atoms with van der Waals surface area (Å²) in [5.41, 5.74) is 6.11. The van der Waals surface area contributed by atoms with Gasteiger partial charge in [-0.1, -0.05) is 19.4 Å². The molecule has 120 valence electrons. The summed E-state index contributed by atoms with van der Waals surface area (Å²) in [7, 11) is -4.23. The normalized spacial score (nSPS) is 12.9. The minimum atomic E-state index is -4.59. The maximum atomic E-state index is 12.6. The molecule has 21 heavy (non-hydrogen) atoms. The summed E-state index contributed by atoms with van der Waals surface area (Å²) < 4.78 is 63.3. The van der Waals surface area contributed by atoms with Crippen molar-refractivity contribution in [2.24, 2.45) is 0 Å². The third-order valence-electron chi connectivity index (χ3n) is 2.95. The number of sulfonamides is 1. The molecule has 0 fully saturated rings. The largest absolute Gasteiger partial charge is 0.402 e. The van der Waals surface area contributed by atoms with E-state index in [1.165, 1.54) is 25.1 Å². The van der Waals surface area contributed by atoms with Gasteiger partial charge in [0.15, 0.2) is 0 Å². The van der Waals surface area contributed by atoms with Crippen molar-refractivity contribution in [1.29, 1.82) is 0 Å². The Kier molecular flexibility index (Phi) is 5.63. The molecule has 0 aliphatic carbocycles. The van der Waals surface area contributed by atoms with Crippen molar-refractivity contribution in [3.63, 3.8) is 0 Å². The van der Waals surface area contributed by atoms with Crippen LogP contribution in [-0.2, 0) is 10.0 Å². The molecule has 8 heteroatoms. The second-order valence-electron chi connectivity index (χ2n) is 4.83. The SMILES string of the molecule is CCCCN(CC(F)(F)F)S(=O)(=O)c1cc(N)ccc1C. The number of alkyl halides is 3. The van der Waals surface area contributed by atoms with E-state index in [1.54, 1.807) is 6.92 Å². The van der Waals surface area contributed by atoms with Gasteiger partial charge in [0.25, 0.3) is 0 Å². The van der Waals surface area contributed by atoms with E-state index in [0.717, 1.165) is 0 Å². The highest BCUT2D eigenvalue weighted by Gasteiger charge is 2.37. The lowest BCUT2D eigenvalue weighted by molar-refractivity contribution is -0.136. The van der Waals surface area contributed by atoms with E-state index in [2.05, 4.69) is 0 Å². The zero-order valence-electron chi connectivity index (χ0n) is 11.9. The lowest BCUT2D eigenvalue weighted by atomic mass is 10.2. The molecule has 0 saturated carbocycles. The summed E-state index contributed by atoms with van der Waals surface area (Å²) in [6.07, 6.45) is -3.63. The van der Waals surface area contributed by atoms with Crippen LogP contribution in [0.5, 0.6) is 0 Å². The number of nitrogens with two attached hydrogens (primary N) is 1. The Morgan fingerprint density at radius 1 is 1.29 bits per heavy atom. The molecule has 0 aliphatic heterocycles. The van der Waals surface area contributed by atoms with Gasteiger partial charge in [0.05, 0.1) is 4.90 Å². The predicted molar refractivity (Wildman–Crippen MR) is 75.3 cm³/mol. The minimum Gasteiger partial charge on any atom is -0.399 e. The number of unbranched alkanes of at least 4 members (excludes halogenated alkanes) is 1. The number of anilines is 1. The summed E-state index contributed by atoms with van der Waals surface area (Å²) in [5.74, 6) is 0. The molecule has 0 radical (unpaired) electrons. The molecular formula is C13H19F3N2O2S. The van der Waals surface area contributed by atoms with Crippen LogP contribution in [0.3, 0.4) is 0 Å². The van der Waals surface area contributed by atoms with Gasteiger partial charge in [0, 0.05) is 12.2 Å². The minimum absolute atomic E-state index is 0.174. The van der Waals surface area contributed by atoms with Gasteiger partial charge >= 0.3 is 6.18 Å². The maximum absolute atomic E-state index is 12.6. The lowest BCUT2D eigenvalue weighted by Crippen LogP contribution is -2.39. The third-order valence-corrected chi connectivity index (χ3v) is 4.93. The Labute approximate surface area is 122 Å². The molecule has 1 aromatic carbocycles. The van der Waals surface area contributed by atoms with Crippen molar-refractivity contribution in [2.75, 3.05) is 18.8 Å². The number of nitrogen functional groups attached to an aromatic ring is 1. The summed E-state index contributed by atoms with van der Waals surface area (Å²) in [4.78, 5) is -0.178. The summed E-state index contributed by atoms with van der Waals surface area (Å²) in [5, 5.41) is 0. The monoisotopic (exact) mass is 324 g/mol. The van der Waals surface area contributed by atoms with Crippen LogP contribution in [0.15, 0.2) is 23.1 Å². The molecule has 1 aromatic rings. The van der Waals surface area contributed by atoms with Gasteiger partial charge in [0.2, 0.25) is 10.0 Å². The van der Waals surface area contributed by atoms with E-state index in [4.69, 9.17) is 5.73 Å². The molecule has 0 spiro atoms. The Bertz CT molecular complexity index is 586. The Morgan fingerprint density at radius 2 is 1.90 bits per heavy atom. The van der Waals surface area contributed by atoms with E-state index >= 15 is 0 Å². The van der Waals surface area contributed by atoms with Gasteiger partial charge in [-0.05, 0) is 31.0 Å².